The molecule has 1 fully saturated rings. The van der Waals surface area contributed by atoms with Gasteiger partial charge in [-0.3, -0.25) is 0 Å². The number of benzene rings is 2. The van der Waals surface area contributed by atoms with E-state index in [9.17, 15) is 13.2 Å². The molecule has 2 amide bonds. The van der Waals surface area contributed by atoms with Crippen LogP contribution in [-0.4, -0.2) is 37.9 Å². The lowest BCUT2D eigenvalue weighted by molar-refractivity contribution is 0.234. The van der Waals surface area contributed by atoms with Crippen molar-refractivity contribution in [3.63, 3.8) is 0 Å². The number of carbonyl (C=O) groups is 1. The van der Waals surface area contributed by atoms with E-state index in [0.717, 1.165) is 30.5 Å². The fraction of sp³-hybridized carbons (Fsp3) is 0.381. The highest BCUT2D eigenvalue weighted by atomic mass is 32.2. The summed E-state index contributed by atoms with van der Waals surface area (Å²) in [6.07, 6.45) is 3.27. The summed E-state index contributed by atoms with van der Waals surface area (Å²) in [5.74, 6) is 0. The minimum absolute atomic E-state index is 0.0985. The zero-order valence-electron chi connectivity index (χ0n) is 16.1. The average molecular weight is 402 g/mol. The van der Waals surface area contributed by atoms with Crippen LogP contribution in [0.1, 0.15) is 31.2 Å². The van der Waals surface area contributed by atoms with Gasteiger partial charge in [0.05, 0.1) is 4.90 Å². The van der Waals surface area contributed by atoms with E-state index in [0.29, 0.717) is 24.4 Å². The van der Waals surface area contributed by atoms with Crippen LogP contribution in [0.3, 0.4) is 0 Å². The van der Waals surface area contributed by atoms with E-state index >= 15 is 0 Å². The molecule has 0 spiro atoms. The number of nitrogens with zero attached hydrogens (tertiary/aromatic N) is 1. The van der Waals surface area contributed by atoms with Crippen LogP contribution >= 0.6 is 0 Å². The summed E-state index contributed by atoms with van der Waals surface area (Å²) < 4.78 is 27.6. The highest BCUT2D eigenvalue weighted by Gasteiger charge is 2.33. The van der Waals surface area contributed by atoms with E-state index in [-0.39, 0.29) is 12.1 Å². The molecule has 0 saturated carbocycles. The van der Waals surface area contributed by atoms with Gasteiger partial charge in [-0.25, -0.2) is 13.2 Å². The van der Waals surface area contributed by atoms with Crippen molar-refractivity contribution in [3.8, 4) is 0 Å². The second kappa shape index (κ2) is 9.21. The number of urea groups is 1. The molecule has 1 aliphatic rings. The Morgan fingerprint density at radius 1 is 1.07 bits per heavy atom. The maximum absolute atomic E-state index is 13.0. The van der Waals surface area contributed by atoms with E-state index in [4.69, 9.17) is 0 Å². The van der Waals surface area contributed by atoms with Crippen LogP contribution in [0.2, 0.25) is 0 Å². The summed E-state index contributed by atoms with van der Waals surface area (Å²) in [7, 11) is -3.51. The molecule has 0 radical (unpaired) electrons. The molecule has 7 heteroatoms. The fourth-order valence-electron chi connectivity index (χ4n) is 3.47. The second-order valence-corrected chi connectivity index (χ2v) is 9.00. The number of sulfonamides is 1. The average Bonchev–Trinajstić information content (AvgIpc) is 2.71. The Labute approximate surface area is 167 Å². The van der Waals surface area contributed by atoms with Crippen LogP contribution in [0.25, 0.3) is 0 Å². The molecule has 1 atom stereocenters. The summed E-state index contributed by atoms with van der Waals surface area (Å²) in [6.45, 7) is 2.93. The van der Waals surface area contributed by atoms with Gasteiger partial charge >= 0.3 is 6.03 Å². The van der Waals surface area contributed by atoms with E-state index in [1.54, 1.807) is 28.6 Å². The topological polar surface area (TPSA) is 78.5 Å². The minimum atomic E-state index is -3.51. The quantitative estimate of drug-likeness (QED) is 0.774. The maximum Gasteiger partial charge on any atom is 0.319 e. The summed E-state index contributed by atoms with van der Waals surface area (Å²) in [4.78, 5) is 12.4. The van der Waals surface area contributed by atoms with Crippen molar-refractivity contribution in [1.82, 2.24) is 9.62 Å². The van der Waals surface area contributed by atoms with Gasteiger partial charge in [-0.15, -0.1) is 0 Å². The van der Waals surface area contributed by atoms with E-state index in [1.165, 1.54) is 0 Å². The van der Waals surface area contributed by atoms with Gasteiger partial charge in [-0.2, -0.15) is 4.31 Å². The van der Waals surface area contributed by atoms with Crippen LogP contribution in [0.15, 0.2) is 59.5 Å². The van der Waals surface area contributed by atoms with Gasteiger partial charge in [0.25, 0.3) is 0 Å². The number of anilines is 1. The Morgan fingerprint density at radius 3 is 2.50 bits per heavy atom. The maximum atomic E-state index is 13.0. The third kappa shape index (κ3) is 5.11. The number of aryl methyl sites for hydroxylation is 1. The Balaban J connectivity index is 1.56. The predicted molar refractivity (Wildman–Crippen MR) is 111 cm³/mol. The Bertz CT molecular complexity index is 883. The SMILES string of the molecule is Cc1ccc(NC(=O)NCC[C@H]2CCCCN2S(=O)(=O)c2ccccc2)cc1. The normalized spacial score (nSPS) is 17.8. The summed E-state index contributed by atoms with van der Waals surface area (Å²) >= 11 is 0. The smallest absolute Gasteiger partial charge is 0.319 e. The van der Waals surface area contributed by atoms with Gasteiger partial charge in [0, 0.05) is 24.8 Å². The number of amides is 2. The van der Waals surface area contributed by atoms with Crippen molar-refractivity contribution in [3.05, 3.63) is 60.2 Å². The van der Waals surface area contributed by atoms with Crippen molar-refractivity contribution >= 4 is 21.7 Å². The molecule has 3 rings (SSSR count). The first kappa shape index (κ1) is 20.4. The van der Waals surface area contributed by atoms with Crippen LogP contribution in [0.5, 0.6) is 0 Å². The standard InChI is InChI=1S/C21H27N3O3S/c1-17-10-12-18(13-11-17)23-21(25)22-15-14-19-7-5-6-16-24(19)28(26,27)20-8-3-2-4-9-20/h2-4,8-13,19H,5-7,14-16H2,1H3,(H2,22,23,25)/t19-/m1/s1. The lowest BCUT2D eigenvalue weighted by atomic mass is 10.0. The number of nitrogens with one attached hydrogen (secondary N) is 2. The molecule has 1 heterocycles. The first-order valence-electron chi connectivity index (χ1n) is 9.65. The molecule has 6 nitrogen and oxygen atoms in total. The Morgan fingerprint density at radius 2 is 1.79 bits per heavy atom. The molecule has 1 saturated heterocycles. The fourth-order valence-corrected chi connectivity index (χ4v) is 5.22. The molecule has 2 aromatic carbocycles. The van der Waals surface area contributed by atoms with Crippen LogP contribution in [0, 0.1) is 6.92 Å². The summed E-state index contributed by atoms with van der Waals surface area (Å²) in [6, 6.07) is 15.7. The molecular weight excluding hydrogens is 374 g/mol. The van der Waals surface area contributed by atoms with Crippen molar-refractivity contribution in [2.45, 2.75) is 43.5 Å². The predicted octanol–water partition coefficient (Wildman–Crippen LogP) is 3.75. The Hall–Kier alpha value is -2.38. The molecular formula is C21H27N3O3S. The summed E-state index contributed by atoms with van der Waals surface area (Å²) in [5, 5.41) is 5.63. The number of hydrogen-bond donors (Lipinski definition) is 2. The molecule has 2 aromatic rings. The van der Waals surface area contributed by atoms with Crippen molar-refractivity contribution in [2.24, 2.45) is 0 Å². The number of piperidine rings is 1. The van der Waals surface area contributed by atoms with Crippen molar-refractivity contribution in [1.29, 1.82) is 0 Å². The minimum Gasteiger partial charge on any atom is -0.338 e. The van der Waals surface area contributed by atoms with Gasteiger partial charge in [0.2, 0.25) is 10.0 Å². The summed E-state index contributed by atoms with van der Waals surface area (Å²) in [5.41, 5.74) is 1.86. The molecule has 2 N–H and O–H groups in total. The zero-order valence-corrected chi connectivity index (χ0v) is 16.9. The van der Waals surface area contributed by atoms with Gasteiger partial charge < -0.3 is 10.6 Å². The van der Waals surface area contributed by atoms with Crippen LogP contribution in [-0.2, 0) is 10.0 Å². The third-order valence-corrected chi connectivity index (χ3v) is 6.96. The van der Waals surface area contributed by atoms with Crippen molar-refractivity contribution in [2.75, 3.05) is 18.4 Å². The van der Waals surface area contributed by atoms with Crippen molar-refractivity contribution < 1.29 is 13.2 Å². The van der Waals surface area contributed by atoms with Gasteiger partial charge in [-0.05, 0) is 50.5 Å². The van der Waals surface area contributed by atoms with E-state index in [1.807, 2.05) is 37.3 Å². The largest absolute Gasteiger partial charge is 0.338 e. The highest BCUT2D eigenvalue weighted by molar-refractivity contribution is 7.89. The first-order chi connectivity index (χ1) is 13.5. The molecule has 150 valence electrons. The van der Waals surface area contributed by atoms with Gasteiger partial charge in [0.15, 0.2) is 0 Å². The number of carbonyl (C=O) groups excluding carboxylic acids is 1. The monoisotopic (exact) mass is 401 g/mol. The second-order valence-electron chi connectivity index (χ2n) is 7.11. The van der Waals surface area contributed by atoms with Gasteiger partial charge in [-0.1, -0.05) is 42.3 Å². The molecule has 0 bridgehead atoms. The number of rotatable bonds is 6. The number of hydrogen-bond acceptors (Lipinski definition) is 3. The third-order valence-electron chi connectivity index (χ3n) is 5.00. The molecule has 28 heavy (non-hydrogen) atoms. The zero-order chi connectivity index (χ0) is 20.0. The first-order valence-corrected chi connectivity index (χ1v) is 11.1. The van der Waals surface area contributed by atoms with E-state index in [2.05, 4.69) is 10.6 Å². The molecule has 1 aliphatic heterocycles. The van der Waals surface area contributed by atoms with Crippen LogP contribution in [0.4, 0.5) is 10.5 Å². The molecule has 0 aliphatic carbocycles. The van der Waals surface area contributed by atoms with Gasteiger partial charge in [0.1, 0.15) is 0 Å². The molecule has 0 unspecified atom stereocenters. The Kier molecular flexibility index (Phi) is 6.70. The lowest BCUT2D eigenvalue weighted by Gasteiger charge is -2.34. The highest BCUT2D eigenvalue weighted by Crippen LogP contribution is 2.26. The molecule has 0 aromatic heterocycles. The van der Waals surface area contributed by atoms with E-state index < -0.39 is 10.0 Å². The lowest BCUT2D eigenvalue weighted by Crippen LogP contribution is -2.45. The van der Waals surface area contributed by atoms with Crippen LogP contribution < -0.4 is 10.6 Å².